The van der Waals surface area contributed by atoms with E-state index >= 15 is 0 Å². The molecule has 0 saturated carbocycles. The van der Waals surface area contributed by atoms with E-state index in [1.165, 1.54) is 26.7 Å². The summed E-state index contributed by atoms with van der Waals surface area (Å²) in [6, 6.07) is 17.2. The van der Waals surface area contributed by atoms with E-state index in [0.29, 0.717) is 0 Å². The topological polar surface area (TPSA) is 0 Å². The standard InChI is InChI=1S/C15H14Se/c1-11-3-7-13(8-4-11)15(16)14-9-5-12(2)6-10-14/h3-10H,1-2H3. The monoisotopic (exact) mass is 274 g/mol. The average molecular weight is 273 g/mol. The van der Waals surface area contributed by atoms with Crippen LogP contribution in [0.4, 0.5) is 0 Å². The van der Waals surface area contributed by atoms with Gasteiger partial charge in [-0.3, -0.25) is 0 Å². The van der Waals surface area contributed by atoms with Gasteiger partial charge in [-0.05, 0) is 0 Å². The molecule has 0 bridgehead atoms. The van der Waals surface area contributed by atoms with Gasteiger partial charge in [0.1, 0.15) is 0 Å². The van der Waals surface area contributed by atoms with Crippen LogP contribution in [0.15, 0.2) is 48.5 Å². The molecule has 0 N–H and O–H groups in total. The first-order chi connectivity index (χ1) is 7.66. The van der Waals surface area contributed by atoms with Crippen LogP contribution < -0.4 is 0 Å². The normalized spacial score (nSPS) is 10.1. The molecule has 0 aromatic heterocycles. The Balaban J connectivity index is 2.32. The van der Waals surface area contributed by atoms with Gasteiger partial charge < -0.3 is 0 Å². The van der Waals surface area contributed by atoms with Crippen LogP contribution in [-0.2, 0) is 0 Å². The van der Waals surface area contributed by atoms with E-state index in [1.54, 1.807) is 0 Å². The van der Waals surface area contributed by atoms with Crippen LogP contribution in [0.25, 0.3) is 0 Å². The van der Waals surface area contributed by atoms with Crippen LogP contribution in [0.1, 0.15) is 22.3 Å². The number of aryl methyl sites for hydroxylation is 2. The summed E-state index contributed by atoms with van der Waals surface area (Å²) in [7, 11) is 0. The second kappa shape index (κ2) is 4.78. The van der Waals surface area contributed by atoms with Gasteiger partial charge in [-0.15, -0.1) is 0 Å². The summed E-state index contributed by atoms with van der Waals surface area (Å²) in [5, 5.41) is 0. The third-order valence-corrected chi connectivity index (χ3v) is 3.62. The van der Waals surface area contributed by atoms with E-state index in [1.807, 2.05) is 0 Å². The molecule has 0 heterocycles. The van der Waals surface area contributed by atoms with Crippen LogP contribution >= 0.6 is 0 Å². The molecular weight excluding hydrogens is 259 g/mol. The van der Waals surface area contributed by atoms with Gasteiger partial charge in [0.2, 0.25) is 0 Å². The zero-order chi connectivity index (χ0) is 11.5. The van der Waals surface area contributed by atoms with Gasteiger partial charge >= 0.3 is 105 Å². The molecule has 0 amide bonds. The first-order valence-corrected chi connectivity index (χ1v) is 6.20. The van der Waals surface area contributed by atoms with Gasteiger partial charge in [0.15, 0.2) is 0 Å². The van der Waals surface area contributed by atoms with Gasteiger partial charge in [0.25, 0.3) is 0 Å². The van der Waals surface area contributed by atoms with Crippen LogP contribution in [0, 0.1) is 13.8 Å². The average Bonchev–Trinajstić information content (AvgIpc) is 2.30. The number of benzene rings is 2. The summed E-state index contributed by atoms with van der Waals surface area (Å²) in [4.78, 5) is 0. The van der Waals surface area contributed by atoms with Crippen molar-refractivity contribution >= 4 is 20.0 Å². The van der Waals surface area contributed by atoms with Crippen molar-refractivity contribution in [3.63, 3.8) is 0 Å². The minimum atomic E-state index is 1.21. The van der Waals surface area contributed by atoms with Crippen LogP contribution in [0.2, 0.25) is 0 Å². The molecule has 0 nitrogen and oxygen atoms in total. The summed E-state index contributed by atoms with van der Waals surface area (Å²) in [5.74, 6) is 0. The first-order valence-electron chi connectivity index (χ1n) is 5.35. The second-order valence-electron chi connectivity index (χ2n) is 4.06. The number of rotatable bonds is 2. The summed E-state index contributed by atoms with van der Waals surface area (Å²) >= 11 is 3.17. The fourth-order valence-electron chi connectivity index (χ4n) is 1.58. The second-order valence-corrected chi connectivity index (χ2v) is 4.92. The van der Waals surface area contributed by atoms with Crippen molar-refractivity contribution in [3.05, 3.63) is 70.8 Å². The van der Waals surface area contributed by atoms with Crippen molar-refractivity contribution < 1.29 is 0 Å². The van der Waals surface area contributed by atoms with Gasteiger partial charge in [0.05, 0.1) is 0 Å². The van der Waals surface area contributed by atoms with E-state index in [4.69, 9.17) is 0 Å². The van der Waals surface area contributed by atoms with Gasteiger partial charge in [-0.25, -0.2) is 0 Å². The van der Waals surface area contributed by atoms with Gasteiger partial charge in [-0.1, -0.05) is 0 Å². The van der Waals surface area contributed by atoms with Gasteiger partial charge in [-0.2, -0.15) is 0 Å². The Hall–Kier alpha value is -1.17. The minimum absolute atomic E-state index is 1.21. The van der Waals surface area contributed by atoms with Crippen molar-refractivity contribution in [3.8, 4) is 0 Å². The third-order valence-electron chi connectivity index (χ3n) is 2.63. The summed E-state index contributed by atoms with van der Waals surface area (Å²) in [6.45, 7) is 4.21. The Morgan fingerprint density at radius 3 is 1.31 bits per heavy atom. The maximum absolute atomic E-state index is 3.17. The van der Waals surface area contributed by atoms with Crippen molar-refractivity contribution in [1.82, 2.24) is 0 Å². The molecule has 0 fully saturated rings. The molecule has 2 aromatic rings. The molecule has 0 atom stereocenters. The molecule has 2 aromatic carbocycles. The molecule has 0 radical (unpaired) electrons. The maximum atomic E-state index is 3.17. The van der Waals surface area contributed by atoms with Crippen molar-refractivity contribution in [1.29, 1.82) is 0 Å². The van der Waals surface area contributed by atoms with Crippen LogP contribution in [0.5, 0.6) is 0 Å². The molecule has 16 heavy (non-hydrogen) atoms. The third kappa shape index (κ3) is 2.49. The van der Waals surface area contributed by atoms with E-state index in [0.717, 1.165) is 0 Å². The van der Waals surface area contributed by atoms with Gasteiger partial charge in [0, 0.05) is 0 Å². The fourth-order valence-corrected chi connectivity index (χ4v) is 2.15. The van der Waals surface area contributed by atoms with Crippen molar-refractivity contribution in [2.24, 2.45) is 0 Å². The fraction of sp³-hybridized carbons (Fsp3) is 0.133. The quantitative estimate of drug-likeness (QED) is 0.738. The zero-order valence-corrected chi connectivity index (χ0v) is 11.2. The Labute approximate surface area is 105 Å². The molecule has 0 spiro atoms. The van der Waals surface area contributed by atoms with E-state index in [2.05, 4.69) is 78.0 Å². The number of hydrogen-bond donors (Lipinski definition) is 0. The Morgan fingerprint density at radius 2 is 1.00 bits per heavy atom. The van der Waals surface area contributed by atoms with Crippen LogP contribution in [0.3, 0.4) is 0 Å². The molecule has 80 valence electrons. The Bertz CT molecular complexity index is 444. The number of hydrogen-bond acceptors (Lipinski definition) is 0. The molecule has 0 aliphatic rings. The molecule has 2 rings (SSSR count). The molecule has 0 unspecified atom stereocenters. The molecule has 0 aliphatic carbocycles. The predicted octanol–water partition coefficient (Wildman–Crippen LogP) is 3.04. The zero-order valence-electron chi connectivity index (χ0n) is 9.53. The van der Waals surface area contributed by atoms with Crippen molar-refractivity contribution in [2.45, 2.75) is 13.8 Å². The predicted molar refractivity (Wildman–Crippen MR) is 71.3 cm³/mol. The molecule has 0 aliphatic heterocycles. The first kappa shape index (κ1) is 11.3. The van der Waals surface area contributed by atoms with Crippen molar-refractivity contribution in [2.75, 3.05) is 0 Å². The summed E-state index contributed by atoms with van der Waals surface area (Å²) < 4.78 is 1.21. The molecule has 0 saturated heterocycles. The van der Waals surface area contributed by atoms with E-state index < -0.39 is 0 Å². The molecular formula is C15H14Se. The SMILES string of the molecule is Cc1ccc(C(=[Se])c2ccc(C)cc2)cc1. The molecule has 1 heteroatoms. The van der Waals surface area contributed by atoms with E-state index in [-0.39, 0.29) is 0 Å². The Morgan fingerprint density at radius 1 is 0.688 bits per heavy atom. The van der Waals surface area contributed by atoms with Crippen LogP contribution in [-0.4, -0.2) is 20.0 Å². The Kier molecular flexibility index (Phi) is 3.38. The summed E-state index contributed by atoms with van der Waals surface area (Å²) in [5.41, 5.74) is 5.07. The van der Waals surface area contributed by atoms with E-state index in [9.17, 15) is 0 Å². The summed E-state index contributed by atoms with van der Waals surface area (Å²) in [6.07, 6.45) is 0.